The highest BCUT2D eigenvalue weighted by molar-refractivity contribution is 7.11. The molecule has 0 unspecified atom stereocenters. The summed E-state index contributed by atoms with van der Waals surface area (Å²) < 4.78 is 1.94. The molecule has 0 aliphatic heterocycles. The van der Waals surface area contributed by atoms with Gasteiger partial charge in [0.25, 0.3) is 0 Å². The summed E-state index contributed by atoms with van der Waals surface area (Å²) in [6, 6.07) is 5.69. The number of anilines is 1. The van der Waals surface area contributed by atoms with E-state index in [0.29, 0.717) is 17.5 Å². The van der Waals surface area contributed by atoms with Crippen LogP contribution in [0.3, 0.4) is 0 Å². The summed E-state index contributed by atoms with van der Waals surface area (Å²) in [5.74, 6) is 0.469. The molecule has 0 atom stereocenters. The Hall–Kier alpha value is -1.59. The van der Waals surface area contributed by atoms with Crippen LogP contribution in [0.1, 0.15) is 16.8 Å². The Morgan fingerprint density at radius 3 is 3.00 bits per heavy atom. The van der Waals surface area contributed by atoms with E-state index in [2.05, 4.69) is 16.9 Å². The van der Waals surface area contributed by atoms with Crippen molar-refractivity contribution in [2.24, 2.45) is 0 Å². The van der Waals surface area contributed by atoms with Crippen molar-refractivity contribution in [3.8, 4) is 0 Å². The molecule has 0 saturated heterocycles. The van der Waals surface area contributed by atoms with Crippen LogP contribution in [0, 0.1) is 0 Å². The summed E-state index contributed by atoms with van der Waals surface area (Å²) in [6.07, 6.45) is 2.92. The molecule has 0 fully saturated rings. The van der Waals surface area contributed by atoms with E-state index in [1.165, 1.54) is 4.88 Å². The fourth-order valence-electron chi connectivity index (χ4n) is 2.02. The number of hydrogen-bond donors (Lipinski definition) is 1. The zero-order chi connectivity index (χ0) is 13.4. The maximum Gasteiger partial charge on any atom is 0.201 e. The van der Waals surface area contributed by atoms with Crippen molar-refractivity contribution in [2.45, 2.75) is 19.9 Å². The molecule has 0 saturated carbocycles. The molecule has 0 aliphatic carbocycles. The number of benzene rings is 1. The molecule has 4 nitrogen and oxygen atoms in total. The Morgan fingerprint density at radius 2 is 2.26 bits per heavy atom. The number of rotatable bonds is 3. The SMILES string of the molecule is CCc1cnc(Cn2c(N)nc3c(Cl)cccc32)s1. The van der Waals surface area contributed by atoms with Gasteiger partial charge in [-0.2, -0.15) is 0 Å². The van der Waals surface area contributed by atoms with Crippen molar-refractivity contribution in [1.82, 2.24) is 14.5 Å². The number of nitrogens with zero attached hydrogens (tertiary/aromatic N) is 3. The normalized spacial score (nSPS) is 11.3. The Bertz CT molecular complexity index is 731. The number of hydrogen-bond acceptors (Lipinski definition) is 4. The van der Waals surface area contributed by atoms with E-state index in [1.807, 2.05) is 29.0 Å². The van der Waals surface area contributed by atoms with Gasteiger partial charge in [-0.05, 0) is 18.6 Å². The molecule has 0 spiro atoms. The molecular weight excluding hydrogens is 280 g/mol. The lowest BCUT2D eigenvalue weighted by Crippen LogP contribution is -2.04. The smallest absolute Gasteiger partial charge is 0.201 e. The molecule has 19 heavy (non-hydrogen) atoms. The summed E-state index contributed by atoms with van der Waals surface area (Å²) >= 11 is 7.83. The molecular formula is C13H13ClN4S. The first kappa shape index (κ1) is 12.4. The molecule has 0 aliphatic rings. The molecule has 2 heterocycles. The molecule has 1 aromatic carbocycles. The van der Waals surface area contributed by atoms with Crippen molar-refractivity contribution >= 4 is 39.9 Å². The molecule has 0 radical (unpaired) electrons. The molecule has 2 N–H and O–H groups in total. The zero-order valence-corrected chi connectivity index (χ0v) is 12.0. The number of aryl methyl sites for hydroxylation is 1. The van der Waals surface area contributed by atoms with E-state index in [-0.39, 0.29) is 0 Å². The van der Waals surface area contributed by atoms with Crippen LogP contribution < -0.4 is 5.73 Å². The average molecular weight is 293 g/mol. The van der Waals surface area contributed by atoms with Gasteiger partial charge in [0.1, 0.15) is 10.5 Å². The Balaban J connectivity index is 2.05. The van der Waals surface area contributed by atoms with Crippen LogP contribution in [0.15, 0.2) is 24.4 Å². The van der Waals surface area contributed by atoms with Gasteiger partial charge in [-0.3, -0.25) is 0 Å². The highest BCUT2D eigenvalue weighted by Crippen LogP contribution is 2.26. The quantitative estimate of drug-likeness (QED) is 0.805. The Kier molecular flexibility index (Phi) is 3.16. The Labute approximate surface area is 119 Å². The summed E-state index contributed by atoms with van der Waals surface area (Å²) in [4.78, 5) is 10.0. The van der Waals surface area contributed by atoms with Crippen LogP contribution in [0.2, 0.25) is 5.02 Å². The monoisotopic (exact) mass is 292 g/mol. The van der Waals surface area contributed by atoms with E-state index in [1.54, 1.807) is 11.3 Å². The second kappa shape index (κ2) is 4.83. The molecule has 6 heteroatoms. The molecule has 3 aromatic rings. The van der Waals surface area contributed by atoms with Crippen LogP contribution in [0.5, 0.6) is 0 Å². The Morgan fingerprint density at radius 1 is 1.42 bits per heavy atom. The van der Waals surface area contributed by atoms with E-state index in [0.717, 1.165) is 22.5 Å². The van der Waals surface area contributed by atoms with Gasteiger partial charge in [0.15, 0.2) is 0 Å². The largest absolute Gasteiger partial charge is 0.369 e. The third kappa shape index (κ3) is 2.19. The van der Waals surface area contributed by atoms with Gasteiger partial charge in [0.2, 0.25) is 5.95 Å². The maximum atomic E-state index is 6.13. The number of imidazole rings is 1. The van der Waals surface area contributed by atoms with Crippen molar-refractivity contribution < 1.29 is 0 Å². The lowest BCUT2D eigenvalue weighted by molar-refractivity contribution is 0.829. The number of nitrogens with two attached hydrogens (primary N) is 1. The second-order valence-electron chi connectivity index (χ2n) is 4.24. The number of fused-ring (bicyclic) bond motifs is 1. The van der Waals surface area contributed by atoms with Gasteiger partial charge in [-0.15, -0.1) is 11.3 Å². The number of aromatic nitrogens is 3. The minimum atomic E-state index is 0.469. The first-order valence-electron chi connectivity index (χ1n) is 6.03. The van der Waals surface area contributed by atoms with Crippen LogP contribution in [-0.2, 0) is 13.0 Å². The molecule has 3 rings (SSSR count). The van der Waals surface area contributed by atoms with Gasteiger partial charge in [0, 0.05) is 11.1 Å². The molecule has 0 amide bonds. The summed E-state index contributed by atoms with van der Waals surface area (Å²) in [7, 11) is 0. The minimum Gasteiger partial charge on any atom is -0.369 e. The third-order valence-electron chi connectivity index (χ3n) is 3.00. The number of para-hydroxylation sites is 1. The molecule has 0 bridgehead atoms. The van der Waals surface area contributed by atoms with Crippen molar-refractivity contribution in [2.75, 3.05) is 5.73 Å². The minimum absolute atomic E-state index is 0.469. The van der Waals surface area contributed by atoms with Crippen LogP contribution in [0.25, 0.3) is 11.0 Å². The third-order valence-corrected chi connectivity index (χ3v) is 4.43. The highest BCUT2D eigenvalue weighted by Gasteiger charge is 2.12. The summed E-state index contributed by atoms with van der Waals surface area (Å²) in [5, 5.41) is 1.65. The summed E-state index contributed by atoms with van der Waals surface area (Å²) in [6.45, 7) is 2.76. The first-order chi connectivity index (χ1) is 9.19. The number of nitrogen functional groups attached to an aromatic ring is 1. The fourth-order valence-corrected chi connectivity index (χ4v) is 3.08. The van der Waals surface area contributed by atoms with Gasteiger partial charge in [-0.25, -0.2) is 9.97 Å². The fraction of sp³-hybridized carbons (Fsp3) is 0.231. The van der Waals surface area contributed by atoms with Gasteiger partial charge < -0.3 is 10.3 Å². The maximum absolute atomic E-state index is 6.13. The van der Waals surface area contributed by atoms with E-state index >= 15 is 0 Å². The van der Waals surface area contributed by atoms with E-state index in [9.17, 15) is 0 Å². The zero-order valence-electron chi connectivity index (χ0n) is 10.4. The topological polar surface area (TPSA) is 56.7 Å². The van der Waals surface area contributed by atoms with Gasteiger partial charge in [-0.1, -0.05) is 24.6 Å². The number of thiazole rings is 1. The second-order valence-corrected chi connectivity index (χ2v) is 5.84. The first-order valence-corrected chi connectivity index (χ1v) is 7.22. The molecule has 98 valence electrons. The van der Waals surface area contributed by atoms with E-state index < -0.39 is 0 Å². The lowest BCUT2D eigenvalue weighted by Gasteiger charge is -2.03. The van der Waals surface area contributed by atoms with Gasteiger partial charge in [0.05, 0.1) is 17.1 Å². The van der Waals surface area contributed by atoms with Crippen LogP contribution in [-0.4, -0.2) is 14.5 Å². The van der Waals surface area contributed by atoms with Crippen molar-refractivity contribution in [3.63, 3.8) is 0 Å². The predicted molar refractivity (Wildman–Crippen MR) is 79.7 cm³/mol. The van der Waals surface area contributed by atoms with Crippen LogP contribution >= 0.6 is 22.9 Å². The lowest BCUT2D eigenvalue weighted by atomic mass is 10.3. The van der Waals surface area contributed by atoms with Gasteiger partial charge >= 0.3 is 0 Å². The van der Waals surface area contributed by atoms with E-state index in [4.69, 9.17) is 17.3 Å². The predicted octanol–water partition coefficient (Wildman–Crippen LogP) is 3.34. The summed E-state index contributed by atoms with van der Waals surface area (Å²) in [5.41, 5.74) is 7.67. The average Bonchev–Trinajstić information content (AvgIpc) is 2.97. The van der Waals surface area contributed by atoms with Crippen molar-refractivity contribution in [3.05, 3.63) is 39.3 Å². The number of halogens is 1. The highest BCUT2D eigenvalue weighted by atomic mass is 35.5. The standard InChI is InChI=1S/C13H13ClN4S/c1-2-8-6-16-11(19-8)7-18-10-5-3-4-9(14)12(10)17-13(18)15/h3-6H,2,7H2,1H3,(H2,15,17). The van der Waals surface area contributed by atoms with Crippen molar-refractivity contribution in [1.29, 1.82) is 0 Å². The molecule has 2 aromatic heterocycles. The van der Waals surface area contributed by atoms with Crippen LogP contribution in [0.4, 0.5) is 5.95 Å².